The Balaban J connectivity index is 1.79. The number of carbonyl (C=O) groups excluding carboxylic acids is 1. The summed E-state index contributed by atoms with van der Waals surface area (Å²) in [6.07, 6.45) is 1.37. The molecule has 3 aromatic rings. The second-order valence-corrected chi connectivity index (χ2v) is 7.49. The van der Waals surface area contributed by atoms with Crippen molar-refractivity contribution in [2.75, 3.05) is 5.32 Å². The van der Waals surface area contributed by atoms with E-state index in [1.54, 1.807) is 54.6 Å². The number of nitrogens with one attached hydrogen (secondary N) is 1. The molecule has 1 amide bonds. The summed E-state index contributed by atoms with van der Waals surface area (Å²) in [6, 6.07) is 17.2. The molecule has 0 aliphatic rings. The third-order valence-corrected chi connectivity index (χ3v) is 4.50. The standard InChI is InChI=1S/C23H18Cl2N2O3/c1-14(2)29-18-5-3-4-17(12-18)27-23(28)15(13-26)10-19-7-9-22(30-19)20-11-16(24)6-8-21(20)25/h3-12,14H,1-2H3,(H,27,28)/b15-10-. The minimum atomic E-state index is -0.557. The van der Waals surface area contributed by atoms with Gasteiger partial charge in [-0.1, -0.05) is 29.3 Å². The minimum absolute atomic E-state index is 0.00617. The van der Waals surface area contributed by atoms with E-state index in [1.165, 1.54) is 6.08 Å². The van der Waals surface area contributed by atoms with Crippen LogP contribution in [0, 0.1) is 11.3 Å². The van der Waals surface area contributed by atoms with Crippen molar-refractivity contribution in [1.29, 1.82) is 5.26 Å². The zero-order chi connectivity index (χ0) is 21.7. The highest BCUT2D eigenvalue weighted by atomic mass is 35.5. The fraction of sp³-hybridized carbons (Fsp3) is 0.130. The van der Waals surface area contributed by atoms with Crippen LogP contribution in [-0.4, -0.2) is 12.0 Å². The maximum atomic E-state index is 12.5. The maximum absolute atomic E-state index is 12.5. The first-order chi connectivity index (χ1) is 14.4. The quantitative estimate of drug-likeness (QED) is 0.346. The van der Waals surface area contributed by atoms with Crippen LogP contribution in [0.4, 0.5) is 5.69 Å². The molecule has 0 radical (unpaired) electrons. The summed E-state index contributed by atoms with van der Waals surface area (Å²) in [7, 11) is 0. The summed E-state index contributed by atoms with van der Waals surface area (Å²) in [5.74, 6) is 0.881. The predicted octanol–water partition coefficient (Wildman–Crippen LogP) is 6.59. The van der Waals surface area contributed by atoms with Crippen molar-refractivity contribution >= 4 is 40.9 Å². The van der Waals surface area contributed by atoms with Gasteiger partial charge in [0.2, 0.25) is 0 Å². The van der Waals surface area contributed by atoms with Gasteiger partial charge in [0, 0.05) is 28.4 Å². The van der Waals surface area contributed by atoms with Crippen LogP contribution in [0.2, 0.25) is 10.0 Å². The van der Waals surface area contributed by atoms with Gasteiger partial charge in [-0.05, 0) is 56.3 Å². The predicted molar refractivity (Wildman–Crippen MR) is 119 cm³/mol. The van der Waals surface area contributed by atoms with Gasteiger partial charge >= 0.3 is 0 Å². The van der Waals surface area contributed by atoms with Crippen molar-refractivity contribution in [2.45, 2.75) is 20.0 Å². The molecule has 7 heteroatoms. The Morgan fingerprint density at radius 2 is 1.97 bits per heavy atom. The number of benzene rings is 2. The molecule has 5 nitrogen and oxygen atoms in total. The van der Waals surface area contributed by atoms with Crippen LogP contribution in [-0.2, 0) is 4.79 Å². The molecule has 152 valence electrons. The zero-order valence-corrected chi connectivity index (χ0v) is 17.8. The third-order valence-electron chi connectivity index (χ3n) is 3.94. The first-order valence-electron chi connectivity index (χ1n) is 9.11. The van der Waals surface area contributed by atoms with Gasteiger partial charge in [0.1, 0.15) is 28.9 Å². The molecule has 1 N–H and O–H groups in total. The Labute approximate surface area is 184 Å². The molecule has 0 aliphatic carbocycles. The molecule has 0 unspecified atom stereocenters. The van der Waals surface area contributed by atoms with E-state index >= 15 is 0 Å². The smallest absolute Gasteiger partial charge is 0.266 e. The SMILES string of the molecule is CC(C)Oc1cccc(NC(=O)/C(C#N)=C\c2ccc(-c3cc(Cl)ccc3Cl)o2)c1. The number of amides is 1. The third kappa shape index (κ3) is 5.44. The summed E-state index contributed by atoms with van der Waals surface area (Å²) in [5, 5.41) is 13.1. The fourth-order valence-corrected chi connectivity index (χ4v) is 3.05. The molecule has 0 fully saturated rings. The molecular weight excluding hydrogens is 423 g/mol. The van der Waals surface area contributed by atoms with E-state index in [2.05, 4.69) is 5.32 Å². The molecule has 0 aliphatic heterocycles. The topological polar surface area (TPSA) is 75.3 Å². The van der Waals surface area contributed by atoms with Crippen molar-refractivity contribution in [1.82, 2.24) is 0 Å². The van der Waals surface area contributed by atoms with Crippen molar-refractivity contribution in [2.24, 2.45) is 0 Å². The number of ether oxygens (including phenoxy) is 1. The van der Waals surface area contributed by atoms with Crippen LogP contribution >= 0.6 is 23.2 Å². The van der Waals surface area contributed by atoms with Crippen LogP contribution < -0.4 is 10.1 Å². The molecule has 0 bridgehead atoms. The lowest BCUT2D eigenvalue weighted by Gasteiger charge is -2.11. The van der Waals surface area contributed by atoms with Gasteiger partial charge in [-0.3, -0.25) is 4.79 Å². The van der Waals surface area contributed by atoms with E-state index in [9.17, 15) is 10.1 Å². The molecular formula is C23H18Cl2N2O3. The normalized spacial score (nSPS) is 11.3. The average Bonchev–Trinajstić information content (AvgIpc) is 3.16. The Hall–Kier alpha value is -3.20. The van der Waals surface area contributed by atoms with Gasteiger partial charge in [0.05, 0.1) is 11.1 Å². The highest BCUT2D eigenvalue weighted by Gasteiger charge is 2.13. The molecule has 0 atom stereocenters. The number of anilines is 1. The first kappa shape index (κ1) is 21.5. The molecule has 0 saturated carbocycles. The number of rotatable bonds is 6. The summed E-state index contributed by atoms with van der Waals surface area (Å²) < 4.78 is 11.3. The van der Waals surface area contributed by atoms with E-state index < -0.39 is 5.91 Å². The summed E-state index contributed by atoms with van der Waals surface area (Å²) in [6.45, 7) is 3.83. The van der Waals surface area contributed by atoms with Crippen LogP contribution in [0.15, 0.2) is 64.6 Å². The Morgan fingerprint density at radius 3 is 2.70 bits per heavy atom. The van der Waals surface area contributed by atoms with E-state index in [0.29, 0.717) is 38.6 Å². The summed E-state index contributed by atoms with van der Waals surface area (Å²) in [4.78, 5) is 12.5. The monoisotopic (exact) mass is 440 g/mol. The molecule has 0 spiro atoms. The van der Waals surface area contributed by atoms with Crippen LogP contribution in [0.5, 0.6) is 5.75 Å². The van der Waals surface area contributed by atoms with Gasteiger partial charge in [-0.25, -0.2) is 0 Å². The van der Waals surface area contributed by atoms with Gasteiger partial charge in [0.25, 0.3) is 5.91 Å². The second-order valence-electron chi connectivity index (χ2n) is 6.64. The van der Waals surface area contributed by atoms with E-state index in [4.69, 9.17) is 32.4 Å². The highest BCUT2D eigenvalue weighted by molar-refractivity contribution is 6.35. The number of furan rings is 1. The molecule has 30 heavy (non-hydrogen) atoms. The number of halogens is 2. The van der Waals surface area contributed by atoms with Gasteiger partial charge in [0.15, 0.2) is 0 Å². The Kier molecular flexibility index (Phi) is 6.83. The molecule has 1 aromatic heterocycles. The molecule has 1 heterocycles. The lowest BCUT2D eigenvalue weighted by molar-refractivity contribution is -0.112. The fourth-order valence-electron chi connectivity index (χ4n) is 2.67. The van der Waals surface area contributed by atoms with E-state index in [1.807, 2.05) is 19.9 Å². The van der Waals surface area contributed by atoms with Crippen molar-refractivity contribution in [3.8, 4) is 23.1 Å². The van der Waals surface area contributed by atoms with Gasteiger partial charge in [-0.15, -0.1) is 0 Å². The molecule has 0 saturated heterocycles. The van der Waals surface area contributed by atoms with Crippen LogP contribution in [0.25, 0.3) is 17.4 Å². The number of hydrogen-bond acceptors (Lipinski definition) is 4. The Bertz CT molecular complexity index is 1140. The zero-order valence-electron chi connectivity index (χ0n) is 16.3. The number of carbonyl (C=O) groups is 1. The largest absolute Gasteiger partial charge is 0.491 e. The summed E-state index contributed by atoms with van der Waals surface area (Å²) in [5.41, 5.74) is 1.03. The van der Waals surface area contributed by atoms with Crippen LogP contribution in [0.3, 0.4) is 0 Å². The highest BCUT2D eigenvalue weighted by Crippen LogP contribution is 2.32. The van der Waals surface area contributed by atoms with Crippen LogP contribution in [0.1, 0.15) is 19.6 Å². The summed E-state index contributed by atoms with van der Waals surface area (Å²) >= 11 is 12.2. The lowest BCUT2D eigenvalue weighted by Crippen LogP contribution is -2.13. The number of nitrogens with zero attached hydrogens (tertiary/aromatic N) is 1. The van der Waals surface area contributed by atoms with Gasteiger partial charge < -0.3 is 14.5 Å². The Morgan fingerprint density at radius 1 is 1.17 bits per heavy atom. The second kappa shape index (κ2) is 9.53. The van der Waals surface area contributed by atoms with Crippen molar-refractivity contribution in [3.05, 3.63) is 76.0 Å². The maximum Gasteiger partial charge on any atom is 0.266 e. The van der Waals surface area contributed by atoms with Crippen molar-refractivity contribution in [3.63, 3.8) is 0 Å². The number of nitriles is 1. The molecule has 3 rings (SSSR count). The lowest BCUT2D eigenvalue weighted by atomic mass is 10.2. The minimum Gasteiger partial charge on any atom is -0.491 e. The molecule has 2 aromatic carbocycles. The van der Waals surface area contributed by atoms with Crippen molar-refractivity contribution < 1.29 is 13.9 Å². The van der Waals surface area contributed by atoms with Gasteiger partial charge in [-0.2, -0.15) is 5.26 Å². The van der Waals surface area contributed by atoms with E-state index in [-0.39, 0.29) is 11.7 Å². The number of hydrogen-bond donors (Lipinski definition) is 1. The average molecular weight is 441 g/mol. The first-order valence-corrected chi connectivity index (χ1v) is 9.86. The van der Waals surface area contributed by atoms with E-state index in [0.717, 1.165) is 0 Å².